The molecule has 0 radical (unpaired) electrons. The predicted molar refractivity (Wildman–Crippen MR) is 121 cm³/mol. The molecule has 0 aliphatic carbocycles. The summed E-state index contributed by atoms with van der Waals surface area (Å²) in [5.74, 6) is -36.0. The summed E-state index contributed by atoms with van der Waals surface area (Å²) in [6.45, 7) is 0.377. The number of unbranched alkanes of at least 4 members (excludes halogenated alkanes) is 8. The standard InChI is InChI=1S/C24H27ClF12O3/c25-24(36,37)23(34,35)22(32,33)21(30,31)20(28,29)19(26,27)14-8-6-4-2-1-3-5-7-9-15-40-17-12-10-16(11-13-17)18(38)39/h10-13H,1-9,14-15H2,(H,38,39). The third-order valence-corrected chi connectivity index (χ3v) is 6.24. The monoisotopic (exact) mass is 626 g/mol. The Morgan fingerprint density at radius 2 is 1.02 bits per heavy atom. The lowest BCUT2D eigenvalue weighted by atomic mass is 9.91. The topological polar surface area (TPSA) is 46.5 Å². The summed E-state index contributed by atoms with van der Waals surface area (Å²) in [4.78, 5) is 10.8. The molecule has 3 nitrogen and oxygen atoms in total. The van der Waals surface area contributed by atoms with Crippen LogP contribution in [0.1, 0.15) is 74.6 Å². The van der Waals surface area contributed by atoms with Crippen LogP contribution in [0.3, 0.4) is 0 Å². The zero-order valence-corrected chi connectivity index (χ0v) is 21.5. The summed E-state index contributed by atoms with van der Waals surface area (Å²) in [6.07, 6.45) is 1.05. The van der Waals surface area contributed by atoms with Crippen LogP contribution in [-0.4, -0.2) is 52.7 Å². The van der Waals surface area contributed by atoms with Crippen molar-refractivity contribution in [2.75, 3.05) is 6.61 Å². The van der Waals surface area contributed by atoms with Crippen LogP contribution in [-0.2, 0) is 0 Å². The second-order valence-corrected chi connectivity index (χ2v) is 9.58. The number of carboxylic acids is 1. The van der Waals surface area contributed by atoms with E-state index in [4.69, 9.17) is 9.84 Å². The Morgan fingerprint density at radius 1 is 0.625 bits per heavy atom. The van der Waals surface area contributed by atoms with Gasteiger partial charge in [-0.3, -0.25) is 0 Å². The Bertz CT molecular complexity index is 934. The number of alkyl halides is 13. The first kappa shape index (κ1) is 36.0. The second kappa shape index (κ2) is 13.7. The molecule has 0 saturated heterocycles. The van der Waals surface area contributed by atoms with Gasteiger partial charge in [-0.25, -0.2) is 4.79 Å². The van der Waals surface area contributed by atoms with Gasteiger partial charge < -0.3 is 9.84 Å². The van der Waals surface area contributed by atoms with Crippen LogP contribution < -0.4 is 4.74 Å². The smallest absolute Gasteiger partial charge is 0.393 e. The summed E-state index contributed by atoms with van der Waals surface area (Å²) in [5.41, 5.74) is 0.116. The van der Waals surface area contributed by atoms with Crippen LogP contribution in [0.4, 0.5) is 52.7 Å². The van der Waals surface area contributed by atoms with Crippen molar-refractivity contribution in [1.82, 2.24) is 0 Å². The molecule has 0 bridgehead atoms. The van der Waals surface area contributed by atoms with Gasteiger partial charge in [-0.05, 0) is 48.7 Å². The largest absolute Gasteiger partial charge is 0.494 e. The highest BCUT2D eigenvalue weighted by Gasteiger charge is 2.89. The Morgan fingerprint density at radius 3 is 1.45 bits per heavy atom. The molecule has 1 N–H and O–H groups in total. The molecule has 1 aromatic rings. The van der Waals surface area contributed by atoms with Gasteiger partial charge >= 0.3 is 41.0 Å². The zero-order chi connectivity index (χ0) is 31.0. The predicted octanol–water partition coefficient (Wildman–Crippen LogP) is 9.67. The summed E-state index contributed by atoms with van der Waals surface area (Å²) < 4.78 is 165. The van der Waals surface area contributed by atoms with E-state index >= 15 is 0 Å². The van der Waals surface area contributed by atoms with E-state index in [1.807, 2.05) is 0 Å². The van der Waals surface area contributed by atoms with Crippen molar-refractivity contribution in [2.45, 2.75) is 99.2 Å². The van der Waals surface area contributed by atoms with Gasteiger partial charge in [0.25, 0.3) is 0 Å². The van der Waals surface area contributed by atoms with Gasteiger partial charge in [0.2, 0.25) is 0 Å². The van der Waals surface area contributed by atoms with E-state index < -0.39 is 53.8 Å². The maximum atomic E-state index is 13.8. The van der Waals surface area contributed by atoms with Crippen LogP contribution in [0.25, 0.3) is 0 Å². The van der Waals surface area contributed by atoms with Crippen molar-refractivity contribution >= 4 is 17.6 Å². The van der Waals surface area contributed by atoms with Gasteiger partial charge in [0, 0.05) is 6.42 Å². The summed E-state index contributed by atoms with van der Waals surface area (Å²) in [7, 11) is 0. The van der Waals surface area contributed by atoms with Crippen molar-refractivity contribution in [1.29, 1.82) is 0 Å². The van der Waals surface area contributed by atoms with Gasteiger partial charge in [-0.15, -0.1) is 0 Å². The van der Waals surface area contributed by atoms with E-state index in [9.17, 15) is 57.5 Å². The minimum Gasteiger partial charge on any atom is -0.494 e. The first-order valence-electron chi connectivity index (χ1n) is 12.1. The summed E-state index contributed by atoms with van der Waals surface area (Å²) in [6, 6.07) is 5.82. The average molecular weight is 627 g/mol. The van der Waals surface area contributed by atoms with Crippen molar-refractivity contribution < 1.29 is 67.3 Å². The lowest BCUT2D eigenvalue weighted by Crippen LogP contribution is -2.69. The fourth-order valence-electron chi connectivity index (χ4n) is 3.53. The quantitative estimate of drug-likeness (QED) is 0.0945. The molecular weight excluding hydrogens is 600 g/mol. The zero-order valence-electron chi connectivity index (χ0n) is 20.8. The molecule has 40 heavy (non-hydrogen) atoms. The molecule has 0 fully saturated rings. The lowest BCUT2D eigenvalue weighted by Gasteiger charge is -2.40. The first-order chi connectivity index (χ1) is 18.1. The minimum absolute atomic E-state index is 0.116. The molecule has 0 spiro atoms. The highest BCUT2D eigenvalue weighted by Crippen LogP contribution is 2.61. The number of aromatic carboxylic acids is 1. The van der Waals surface area contributed by atoms with Crippen LogP contribution in [0.5, 0.6) is 5.75 Å². The number of hydrogen-bond acceptors (Lipinski definition) is 2. The third-order valence-electron chi connectivity index (χ3n) is 6.00. The fraction of sp³-hybridized carbons (Fsp3) is 0.708. The molecule has 0 atom stereocenters. The lowest BCUT2D eigenvalue weighted by molar-refractivity contribution is -0.417. The summed E-state index contributed by atoms with van der Waals surface area (Å²) >= 11 is 3.65. The van der Waals surface area contributed by atoms with Crippen molar-refractivity contribution in [3.05, 3.63) is 29.8 Å². The highest BCUT2D eigenvalue weighted by atomic mass is 35.5. The molecule has 0 amide bonds. The van der Waals surface area contributed by atoms with Crippen molar-refractivity contribution in [2.24, 2.45) is 0 Å². The molecule has 0 aliphatic heterocycles. The SMILES string of the molecule is O=C(O)c1ccc(OCCCCCCCCCCCC(F)(F)C(F)(F)C(F)(F)C(F)(F)C(F)(F)C(F)(F)Cl)cc1. The van der Waals surface area contributed by atoms with Crippen LogP contribution in [0.15, 0.2) is 24.3 Å². The van der Waals surface area contributed by atoms with Crippen molar-refractivity contribution in [3.63, 3.8) is 0 Å². The van der Waals surface area contributed by atoms with Crippen LogP contribution >= 0.6 is 11.6 Å². The number of carbonyl (C=O) groups is 1. The molecule has 0 aromatic heterocycles. The van der Waals surface area contributed by atoms with E-state index in [0.29, 0.717) is 38.0 Å². The van der Waals surface area contributed by atoms with E-state index in [1.165, 1.54) is 24.3 Å². The molecule has 1 aromatic carbocycles. The minimum atomic E-state index is -7.61. The van der Waals surface area contributed by atoms with Gasteiger partial charge in [0.1, 0.15) is 5.75 Å². The Hall–Kier alpha value is -2.06. The molecular formula is C24H27ClF12O3. The molecule has 16 heteroatoms. The number of carboxylic acid groups (broad SMARTS) is 1. The molecule has 1 rings (SSSR count). The van der Waals surface area contributed by atoms with E-state index in [2.05, 4.69) is 11.6 Å². The number of halogens is 13. The maximum Gasteiger partial charge on any atom is 0.393 e. The van der Waals surface area contributed by atoms with Gasteiger partial charge in [0.05, 0.1) is 12.2 Å². The Balaban J connectivity index is 2.35. The van der Waals surface area contributed by atoms with Gasteiger partial charge in [0.15, 0.2) is 0 Å². The van der Waals surface area contributed by atoms with Crippen LogP contribution in [0, 0.1) is 0 Å². The van der Waals surface area contributed by atoms with Gasteiger partial charge in [-0.2, -0.15) is 52.7 Å². The van der Waals surface area contributed by atoms with Crippen LogP contribution in [0.2, 0.25) is 0 Å². The third kappa shape index (κ3) is 8.25. The molecule has 0 aliphatic rings. The van der Waals surface area contributed by atoms with E-state index in [0.717, 1.165) is 12.8 Å². The second-order valence-electron chi connectivity index (χ2n) is 9.11. The number of rotatable bonds is 19. The molecule has 0 unspecified atom stereocenters. The number of benzene rings is 1. The number of hydrogen-bond donors (Lipinski definition) is 1. The summed E-state index contributed by atoms with van der Waals surface area (Å²) in [5, 5.41) is 2.38. The maximum absolute atomic E-state index is 13.8. The first-order valence-corrected chi connectivity index (χ1v) is 12.4. The Labute approximate surface area is 226 Å². The molecule has 0 heterocycles. The fourth-order valence-corrected chi connectivity index (χ4v) is 3.65. The average Bonchev–Trinajstić information content (AvgIpc) is 2.83. The normalized spacial score (nSPS) is 13.9. The van der Waals surface area contributed by atoms with E-state index in [-0.39, 0.29) is 18.4 Å². The van der Waals surface area contributed by atoms with E-state index in [1.54, 1.807) is 0 Å². The highest BCUT2D eigenvalue weighted by molar-refractivity contribution is 6.22. The number of ether oxygens (including phenoxy) is 1. The van der Waals surface area contributed by atoms with Crippen molar-refractivity contribution in [3.8, 4) is 5.75 Å². The molecule has 0 saturated carbocycles. The Kier molecular flexibility index (Phi) is 12.4. The van der Waals surface area contributed by atoms with Gasteiger partial charge in [-0.1, -0.05) is 44.9 Å². The molecule has 232 valence electrons.